The number of aromatic nitrogens is 2. The summed E-state index contributed by atoms with van der Waals surface area (Å²) in [6.45, 7) is 4.36. The summed E-state index contributed by atoms with van der Waals surface area (Å²) in [5, 5.41) is 4.40. The van der Waals surface area contributed by atoms with Gasteiger partial charge in [-0.15, -0.1) is 0 Å². The minimum Gasteiger partial charge on any atom is -0.306 e. The van der Waals surface area contributed by atoms with Crippen molar-refractivity contribution in [3.05, 3.63) is 18.0 Å². The van der Waals surface area contributed by atoms with Crippen LogP contribution in [0.2, 0.25) is 0 Å². The lowest BCUT2D eigenvalue weighted by molar-refractivity contribution is 0.212. The van der Waals surface area contributed by atoms with Crippen molar-refractivity contribution in [2.45, 2.75) is 25.8 Å². The van der Waals surface area contributed by atoms with Gasteiger partial charge in [-0.25, -0.2) is 0 Å². The van der Waals surface area contributed by atoms with E-state index < -0.39 is 0 Å². The SMILES string of the molecule is Cc1[c]cn(C2CCN(C)CC2)n1. The average molecular weight is 178 g/mol. The molecule has 1 fully saturated rings. The molecule has 1 saturated heterocycles. The van der Waals surface area contributed by atoms with Crippen LogP contribution < -0.4 is 0 Å². The maximum Gasteiger partial charge on any atom is 0.0673 e. The van der Waals surface area contributed by atoms with Crippen LogP contribution in [0.4, 0.5) is 0 Å². The quantitative estimate of drug-likeness (QED) is 0.645. The van der Waals surface area contributed by atoms with Crippen LogP contribution >= 0.6 is 0 Å². The fourth-order valence-corrected chi connectivity index (χ4v) is 1.84. The van der Waals surface area contributed by atoms with Gasteiger partial charge in [-0.3, -0.25) is 4.68 Å². The molecule has 1 aromatic rings. The molecule has 1 aliphatic rings. The molecular weight excluding hydrogens is 162 g/mol. The van der Waals surface area contributed by atoms with Gasteiger partial charge < -0.3 is 4.90 Å². The summed E-state index contributed by atoms with van der Waals surface area (Å²) in [6.07, 6.45) is 4.40. The molecule has 0 aromatic carbocycles. The van der Waals surface area contributed by atoms with E-state index in [9.17, 15) is 0 Å². The lowest BCUT2D eigenvalue weighted by atomic mass is 10.1. The second kappa shape index (κ2) is 3.50. The molecule has 1 aliphatic heterocycles. The summed E-state index contributed by atoms with van der Waals surface area (Å²) in [7, 11) is 2.18. The van der Waals surface area contributed by atoms with Gasteiger partial charge in [0, 0.05) is 12.3 Å². The van der Waals surface area contributed by atoms with Crippen molar-refractivity contribution in [2.24, 2.45) is 0 Å². The molecule has 71 valence electrons. The Hall–Kier alpha value is -0.830. The second-order valence-electron chi connectivity index (χ2n) is 3.87. The molecular formula is C10H16N3. The van der Waals surface area contributed by atoms with Crippen molar-refractivity contribution in [2.75, 3.05) is 20.1 Å². The van der Waals surface area contributed by atoms with Crippen LogP contribution in [0.5, 0.6) is 0 Å². The summed E-state index contributed by atoms with van der Waals surface area (Å²) < 4.78 is 2.07. The first-order valence-electron chi connectivity index (χ1n) is 4.87. The van der Waals surface area contributed by atoms with E-state index >= 15 is 0 Å². The van der Waals surface area contributed by atoms with Crippen LogP contribution in [-0.2, 0) is 0 Å². The van der Waals surface area contributed by atoms with Gasteiger partial charge in [-0.2, -0.15) is 5.10 Å². The van der Waals surface area contributed by atoms with Crippen molar-refractivity contribution in [3.63, 3.8) is 0 Å². The van der Waals surface area contributed by atoms with Gasteiger partial charge in [0.05, 0.1) is 11.7 Å². The third-order valence-electron chi connectivity index (χ3n) is 2.73. The van der Waals surface area contributed by atoms with Crippen molar-refractivity contribution in [1.82, 2.24) is 14.7 Å². The molecule has 3 heteroatoms. The number of piperidine rings is 1. The van der Waals surface area contributed by atoms with E-state index in [1.807, 2.05) is 13.1 Å². The summed E-state index contributed by atoms with van der Waals surface area (Å²) in [6, 6.07) is 3.71. The molecule has 1 aromatic heterocycles. The zero-order valence-corrected chi connectivity index (χ0v) is 8.32. The van der Waals surface area contributed by atoms with Crippen LogP contribution in [0.3, 0.4) is 0 Å². The minimum absolute atomic E-state index is 0.598. The average Bonchev–Trinajstić information content (AvgIpc) is 2.53. The molecule has 0 amide bonds. The maximum absolute atomic E-state index is 4.40. The number of aryl methyl sites for hydroxylation is 1. The molecule has 2 rings (SSSR count). The summed E-state index contributed by atoms with van der Waals surface area (Å²) in [4.78, 5) is 2.37. The van der Waals surface area contributed by atoms with Crippen LogP contribution in [0, 0.1) is 13.0 Å². The third-order valence-corrected chi connectivity index (χ3v) is 2.73. The third kappa shape index (κ3) is 1.91. The Bertz CT molecular complexity index is 271. The Balaban J connectivity index is 2.02. The van der Waals surface area contributed by atoms with Crippen LogP contribution in [0.1, 0.15) is 24.6 Å². The van der Waals surface area contributed by atoms with E-state index in [2.05, 4.69) is 27.8 Å². The fraction of sp³-hybridized carbons (Fsp3) is 0.700. The van der Waals surface area contributed by atoms with Crippen LogP contribution in [0.15, 0.2) is 6.20 Å². The highest BCUT2D eigenvalue weighted by Gasteiger charge is 2.18. The Labute approximate surface area is 79.3 Å². The van der Waals surface area contributed by atoms with Gasteiger partial charge in [-0.05, 0) is 39.9 Å². The van der Waals surface area contributed by atoms with Crippen molar-refractivity contribution in [3.8, 4) is 0 Å². The molecule has 13 heavy (non-hydrogen) atoms. The van der Waals surface area contributed by atoms with Crippen LogP contribution in [-0.4, -0.2) is 34.8 Å². The molecule has 0 aliphatic carbocycles. The first-order valence-corrected chi connectivity index (χ1v) is 4.87. The zero-order chi connectivity index (χ0) is 9.26. The number of hydrogen-bond donors (Lipinski definition) is 0. The predicted octanol–water partition coefficient (Wildman–Crippen LogP) is 1.26. The Morgan fingerprint density at radius 2 is 2.15 bits per heavy atom. The number of rotatable bonds is 1. The minimum atomic E-state index is 0.598. The molecule has 2 heterocycles. The zero-order valence-electron chi connectivity index (χ0n) is 8.32. The highest BCUT2D eigenvalue weighted by Crippen LogP contribution is 2.20. The smallest absolute Gasteiger partial charge is 0.0673 e. The van der Waals surface area contributed by atoms with Gasteiger partial charge in [-0.1, -0.05) is 0 Å². The molecule has 1 radical (unpaired) electrons. The fourth-order valence-electron chi connectivity index (χ4n) is 1.84. The molecule has 0 unspecified atom stereocenters. The summed E-state index contributed by atoms with van der Waals surface area (Å²) in [5.41, 5.74) is 0.999. The molecule has 0 bridgehead atoms. The van der Waals surface area contributed by atoms with Gasteiger partial charge in [0.2, 0.25) is 0 Å². The number of likely N-dealkylation sites (tertiary alicyclic amines) is 1. The number of nitrogens with zero attached hydrogens (tertiary/aromatic N) is 3. The lowest BCUT2D eigenvalue weighted by Crippen LogP contribution is -2.31. The maximum atomic E-state index is 4.40. The molecule has 0 spiro atoms. The predicted molar refractivity (Wildman–Crippen MR) is 51.6 cm³/mol. The Kier molecular flexibility index (Phi) is 2.36. The highest BCUT2D eigenvalue weighted by molar-refractivity contribution is 4.94. The highest BCUT2D eigenvalue weighted by atomic mass is 15.3. The number of hydrogen-bond acceptors (Lipinski definition) is 2. The largest absolute Gasteiger partial charge is 0.306 e. The standard InChI is InChI=1S/C10H16N3/c1-9-3-8-13(11-9)10-4-6-12(2)7-5-10/h8,10H,4-7H2,1-2H3. The monoisotopic (exact) mass is 178 g/mol. The van der Waals surface area contributed by atoms with E-state index in [-0.39, 0.29) is 0 Å². The van der Waals surface area contributed by atoms with E-state index in [1.54, 1.807) is 0 Å². The molecule has 0 N–H and O–H groups in total. The Morgan fingerprint density at radius 1 is 1.46 bits per heavy atom. The van der Waals surface area contributed by atoms with Crippen molar-refractivity contribution < 1.29 is 0 Å². The molecule has 0 atom stereocenters. The van der Waals surface area contributed by atoms with Gasteiger partial charge in [0.1, 0.15) is 0 Å². The topological polar surface area (TPSA) is 21.1 Å². The Morgan fingerprint density at radius 3 is 2.69 bits per heavy atom. The normalized spacial score (nSPS) is 20.8. The van der Waals surface area contributed by atoms with E-state index in [0.29, 0.717) is 6.04 Å². The lowest BCUT2D eigenvalue weighted by Gasteiger charge is -2.28. The van der Waals surface area contributed by atoms with Crippen molar-refractivity contribution in [1.29, 1.82) is 0 Å². The van der Waals surface area contributed by atoms with E-state index in [0.717, 1.165) is 5.69 Å². The molecule has 3 nitrogen and oxygen atoms in total. The first kappa shape index (κ1) is 8.75. The summed E-state index contributed by atoms with van der Waals surface area (Å²) >= 11 is 0. The summed E-state index contributed by atoms with van der Waals surface area (Å²) in [5.74, 6) is 0. The van der Waals surface area contributed by atoms with Crippen LogP contribution in [0.25, 0.3) is 0 Å². The van der Waals surface area contributed by atoms with E-state index in [1.165, 1.54) is 25.9 Å². The van der Waals surface area contributed by atoms with Gasteiger partial charge in [0.15, 0.2) is 0 Å². The first-order chi connectivity index (χ1) is 6.25. The van der Waals surface area contributed by atoms with Gasteiger partial charge in [0.25, 0.3) is 0 Å². The second-order valence-corrected chi connectivity index (χ2v) is 3.87. The van der Waals surface area contributed by atoms with E-state index in [4.69, 9.17) is 0 Å². The molecule has 0 saturated carbocycles. The van der Waals surface area contributed by atoms with Gasteiger partial charge >= 0.3 is 0 Å². The van der Waals surface area contributed by atoms with Crippen molar-refractivity contribution >= 4 is 0 Å².